The van der Waals surface area contributed by atoms with Crippen LogP contribution in [-0.4, -0.2) is 0 Å². The molecule has 29 heavy (non-hydrogen) atoms. The van der Waals surface area contributed by atoms with E-state index in [2.05, 4.69) is 26.0 Å². The van der Waals surface area contributed by atoms with Crippen LogP contribution in [0.3, 0.4) is 0 Å². The van der Waals surface area contributed by atoms with E-state index in [1.807, 2.05) is 0 Å². The third-order valence-electron chi connectivity index (χ3n) is 6.46. The topological polar surface area (TPSA) is 0 Å². The fourth-order valence-corrected chi connectivity index (χ4v) is 4.39. The third-order valence-corrected chi connectivity index (χ3v) is 6.46. The summed E-state index contributed by atoms with van der Waals surface area (Å²) in [6.45, 7) is 4.43. The van der Waals surface area contributed by atoms with Crippen LogP contribution in [0.5, 0.6) is 0 Å². The van der Waals surface area contributed by atoms with E-state index in [1.54, 1.807) is 0 Å². The molecular formula is C29H58. The van der Waals surface area contributed by atoms with Crippen LogP contribution in [0.4, 0.5) is 0 Å². The SMILES string of the molecule is CC=CCCCCCCCCCCCCCCCCCCCCCCCCCC. The smallest absolute Gasteiger partial charge is 0.0351 e. The Hall–Kier alpha value is -0.260. The van der Waals surface area contributed by atoms with Gasteiger partial charge in [-0.1, -0.05) is 167 Å². The first-order chi connectivity index (χ1) is 14.4. The molecule has 0 heterocycles. The van der Waals surface area contributed by atoms with Gasteiger partial charge in [-0.3, -0.25) is 0 Å². The molecule has 0 bridgehead atoms. The molecule has 0 aromatic rings. The normalized spacial score (nSPS) is 11.7. The maximum absolute atomic E-state index is 2.30. The van der Waals surface area contributed by atoms with Crippen molar-refractivity contribution >= 4 is 0 Å². The first kappa shape index (κ1) is 28.7. The summed E-state index contributed by atoms with van der Waals surface area (Å²) < 4.78 is 0. The van der Waals surface area contributed by atoms with Crippen LogP contribution in [0.25, 0.3) is 0 Å². The molecule has 0 unspecified atom stereocenters. The van der Waals surface area contributed by atoms with Crippen molar-refractivity contribution in [2.75, 3.05) is 0 Å². The Morgan fingerprint density at radius 3 is 0.828 bits per heavy atom. The molecule has 174 valence electrons. The highest BCUT2D eigenvalue weighted by Crippen LogP contribution is 2.15. The van der Waals surface area contributed by atoms with Crippen LogP contribution in [0.1, 0.15) is 174 Å². The van der Waals surface area contributed by atoms with Crippen LogP contribution in [0, 0.1) is 0 Å². The Bertz CT molecular complexity index is 290. The van der Waals surface area contributed by atoms with Gasteiger partial charge >= 0.3 is 0 Å². The second kappa shape index (κ2) is 27.7. The van der Waals surface area contributed by atoms with Crippen LogP contribution in [0.2, 0.25) is 0 Å². The summed E-state index contributed by atoms with van der Waals surface area (Å²) >= 11 is 0. The minimum atomic E-state index is 1.29. The molecule has 0 aromatic carbocycles. The molecule has 0 rings (SSSR count). The van der Waals surface area contributed by atoms with Crippen molar-refractivity contribution in [3.63, 3.8) is 0 Å². The van der Waals surface area contributed by atoms with E-state index in [-0.39, 0.29) is 0 Å². The molecule has 0 fully saturated rings. The van der Waals surface area contributed by atoms with Gasteiger partial charge in [0.1, 0.15) is 0 Å². The van der Waals surface area contributed by atoms with E-state index >= 15 is 0 Å². The maximum Gasteiger partial charge on any atom is -0.0351 e. The molecule has 0 heteroatoms. The lowest BCUT2D eigenvalue weighted by Crippen LogP contribution is -1.84. The monoisotopic (exact) mass is 406 g/mol. The van der Waals surface area contributed by atoms with Gasteiger partial charge in [0.15, 0.2) is 0 Å². The second-order valence-electron chi connectivity index (χ2n) is 9.49. The highest BCUT2D eigenvalue weighted by atomic mass is 14.0. The third kappa shape index (κ3) is 27.7. The number of allylic oxidation sites excluding steroid dienone is 2. The van der Waals surface area contributed by atoms with Gasteiger partial charge in [0, 0.05) is 0 Å². The molecule has 0 saturated heterocycles. The Labute approximate surface area is 186 Å². The molecule has 0 amide bonds. The van der Waals surface area contributed by atoms with E-state index in [0.29, 0.717) is 0 Å². The molecular weight excluding hydrogens is 348 g/mol. The molecule has 0 aliphatic heterocycles. The largest absolute Gasteiger partial charge is 0.0917 e. The van der Waals surface area contributed by atoms with Gasteiger partial charge in [0.05, 0.1) is 0 Å². The number of unbranched alkanes of at least 4 members (excludes halogenated alkanes) is 24. The van der Waals surface area contributed by atoms with Crippen LogP contribution < -0.4 is 0 Å². The zero-order valence-corrected chi connectivity index (χ0v) is 20.8. The zero-order chi connectivity index (χ0) is 21.1. The van der Waals surface area contributed by atoms with Gasteiger partial charge in [-0.25, -0.2) is 0 Å². The molecule has 0 N–H and O–H groups in total. The lowest BCUT2D eigenvalue weighted by atomic mass is 10.0. The minimum absolute atomic E-state index is 1.29. The van der Waals surface area contributed by atoms with Crippen molar-refractivity contribution in [3.05, 3.63) is 12.2 Å². The van der Waals surface area contributed by atoms with Gasteiger partial charge in [0.2, 0.25) is 0 Å². The molecule has 0 radical (unpaired) electrons. The van der Waals surface area contributed by atoms with E-state index in [1.165, 1.54) is 161 Å². The fourth-order valence-electron chi connectivity index (χ4n) is 4.39. The predicted octanol–water partition coefficient (Wildman–Crippen LogP) is 11.3. The minimum Gasteiger partial charge on any atom is -0.0917 e. The van der Waals surface area contributed by atoms with E-state index in [0.717, 1.165) is 0 Å². The average molecular weight is 407 g/mol. The van der Waals surface area contributed by atoms with E-state index < -0.39 is 0 Å². The van der Waals surface area contributed by atoms with Crippen molar-refractivity contribution in [1.29, 1.82) is 0 Å². The summed E-state index contributed by atoms with van der Waals surface area (Å²) in [6.07, 6.45) is 41.1. The van der Waals surface area contributed by atoms with Crippen molar-refractivity contribution < 1.29 is 0 Å². The number of rotatable bonds is 25. The quantitative estimate of drug-likeness (QED) is 0.104. The summed E-state index contributed by atoms with van der Waals surface area (Å²) in [5.41, 5.74) is 0. The molecule has 0 aliphatic carbocycles. The lowest BCUT2D eigenvalue weighted by molar-refractivity contribution is 0.517. The molecule has 0 aromatic heterocycles. The highest BCUT2D eigenvalue weighted by Gasteiger charge is 1.96. The van der Waals surface area contributed by atoms with E-state index in [9.17, 15) is 0 Å². The summed E-state index contributed by atoms with van der Waals surface area (Å²) in [6, 6.07) is 0. The van der Waals surface area contributed by atoms with Crippen molar-refractivity contribution in [2.45, 2.75) is 174 Å². The van der Waals surface area contributed by atoms with Crippen molar-refractivity contribution in [3.8, 4) is 0 Å². The molecule has 0 saturated carbocycles. The number of hydrogen-bond acceptors (Lipinski definition) is 0. The average Bonchev–Trinajstić information content (AvgIpc) is 2.74. The first-order valence-corrected chi connectivity index (χ1v) is 14.0. The summed E-state index contributed by atoms with van der Waals surface area (Å²) in [5.74, 6) is 0. The standard InChI is InChI=1S/C29H58/c1-3-5-7-9-11-13-15-17-19-21-23-25-27-29-28-26-24-22-20-18-16-14-12-10-8-6-4-2/h3,5H,4,6-29H2,1-2H3. The van der Waals surface area contributed by atoms with Crippen LogP contribution >= 0.6 is 0 Å². The highest BCUT2D eigenvalue weighted by molar-refractivity contribution is 4.76. The van der Waals surface area contributed by atoms with Crippen molar-refractivity contribution in [2.24, 2.45) is 0 Å². The Morgan fingerprint density at radius 2 is 0.586 bits per heavy atom. The Morgan fingerprint density at radius 1 is 0.345 bits per heavy atom. The molecule has 0 aliphatic rings. The number of hydrogen-bond donors (Lipinski definition) is 0. The zero-order valence-electron chi connectivity index (χ0n) is 20.8. The van der Waals surface area contributed by atoms with Crippen LogP contribution in [0.15, 0.2) is 12.2 Å². The Balaban J connectivity index is 2.98. The first-order valence-electron chi connectivity index (χ1n) is 14.0. The molecule has 0 atom stereocenters. The summed E-state index contributed by atoms with van der Waals surface area (Å²) in [7, 11) is 0. The van der Waals surface area contributed by atoms with Crippen molar-refractivity contribution in [1.82, 2.24) is 0 Å². The van der Waals surface area contributed by atoms with Gasteiger partial charge in [-0.05, 0) is 19.8 Å². The van der Waals surface area contributed by atoms with E-state index in [4.69, 9.17) is 0 Å². The molecule has 0 nitrogen and oxygen atoms in total. The van der Waals surface area contributed by atoms with Crippen LogP contribution in [-0.2, 0) is 0 Å². The fraction of sp³-hybridized carbons (Fsp3) is 0.931. The molecule has 0 spiro atoms. The van der Waals surface area contributed by atoms with Gasteiger partial charge < -0.3 is 0 Å². The van der Waals surface area contributed by atoms with Gasteiger partial charge in [0.25, 0.3) is 0 Å². The Kier molecular flexibility index (Phi) is 27.5. The van der Waals surface area contributed by atoms with Gasteiger partial charge in [-0.2, -0.15) is 0 Å². The summed E-state index contributed by atoms with van der Waals surface area (Å²) in [5, 5.41) is 0. The predicted molar refractivity (Wildman–Crippen MR) is 136 cm³/mol. The summed E-state index contributed by atoms with van der Waals surface area (Å²) in [4.78, 5) is 0. The van der Waals surface area contributed by atoms with Gasteiger partial charge in [-0.15, -0.1) is 0 Å². The lowest BCUT2D eigenvalue weighted by Gasteiger charge is -2.04. The second-order valence-corrected chi connectivity index (χ2v) is 9.49. The maximum atomic E-state index is 2.30.